The first-order chi connectivity index (χ1) is 14.2. The lowest BCUT2D eigenvalue weighted by molar-refractivity contribution is -0.113. The molecule has 1 fully saturated rings. The number of nitrogens with zero attached hydrogens (tertiary/aromatic N) is 2. The first-order valence-corrected chi connectivity index (χ1v) is 10.4. The predicted octanol–water partition coefficient (Wildman–Crippen LogP) is 3.74. The van der Waals surface area contributed by atoms with E-state index in [0.717, 1.165) is 16.9 Å². The van der Waals surface area contributed by atoms with Crippen LogP contribution in [0.2, 0.25) is 0 Å². The zero-order valence-electron chi connectivity index (χ0n) is 15.6. The highest BCUT2D eigenvalue weighted by molar-refractivity contribution is 7.99. The smallest absolute Gasteiger partial charge is 0.321 e. The minimum atomic E-state index is -0.0959. The van der Waals surface area contributed by atoms with Crippen LogP contribution in [0.1, 0.15) is 5.69 Å². The molecule has 2 aromatic carbocycles. The topological polar surface area (TPSA) is 87.5 Å². The molecule has 1 aromatic heterocycles. The molecule has 0 spiro atoms. The van der Waals surface area contributed by atoms with Crippen molar-refractivity contribution >= 4 is 35.1 Å². The van der Waals surface area contributed by atoms with Crippen molar-refractivity contribution in [3.63, 3.8) is 0 Å². The molecule has 2 heterocycles. The van der Waals surface area contributed by atoms with Crippen LogP contribution in [0.5, 0.6) is 0 Å². The summed E-state index contributed by atoms with van der Waals surface area (Å²) in [6, 6.07) is 16.9. The van der Waals surface area contributed by atoms with E-state index < -0.39 is 0 Å². The molecule has 0 radical (unpaired) electrons. The second kappa shape index (κ2) is 8.83. The predicted molar refractivity (Wildman–Crippen MR) is 114 cm³/mol. The fraction of sp³-hybridized carbons (Fsp3) is 0.190. The minimum Gasteiger partial charge on any atom is -0.444 e. The van der Waals surface area contributed by atoms with Gasteiger partial charge in [0, 0.05) is 35.8 Å². The fourth-order valence-corrected chi connectivity index (χ4v) is 3.68. The van der Waals surface area contributed by atoms with Crippen molar-refractivity contribution in [2.24, 2.45) is 0 Å². The van der Waals surface area contributed by atoms with Gasteiger partial charge in [0.15, 0.2) is 0 Å². The molecule has 2 N–H and O–H groups in total. The maximum absolute atomic E-state index is 12.2. The minimum absolute atomic E-state index is 0.0894. The van der Waals surface area contributed by atoms with Crippen molar-refractivity contribution in [1.82, 2.24) is 10.3 Å². The summed E-state index contributed by atoms with van der Waals surface area (Å²) in [5.74, 6) is 1.39. The lowest BCUT2D eigenvalue weighted by Gasteiger charge is -2.14. The second-order valence-electron chi connectivity index (χ2n) is 6.48. The van der Waals surface area contributed by atoms with Gasteiger partial charge in [0.25, 0.3) is 0 Å². The summed E-state index contributed by atoms with van der Waals surface area (Å²) in [6.45, 7) is 1.29. The normalized spacial score (nSPS) is 13.4. The summed E-state index contributed by atoms with van der Waals surface area (Å²) in [4.78, 5) is 30.0. The Balaban J connectivity index is 1.24. The lowest BCUT2D eigenvalue weighted by atomic mass is 10.2. The molecule has 4 rings (SSSR count). The molecule has 1 aliphatic heterocycles. The Labute approximate surface area is 172 Å². The third kappa shape index (κ3) is 4.78. The van der Waals surface area contributed by atoms with Crippen LogP contribution in [0, 0.1) is 0 Å². The fourth-order valence-electron chi connectivity index (χ4n) is 2.97. The Hall–Kier alpha value is -3.26. The van der Waals surface area contributed by atoms with Gasteiger partial charge in [-0.25, -0.2) is 9.78 Å². The highest BCUT2D eigenvalue weighted by atomic mass is 32.2. The van der Waals surface area contributed by atoms with Crippen LogP contribution in [0.15, 0.2) is 65.3 Å². The molecule has 8 heteroatoms. The molecule has 0 unspecified atom stereocenters. The molecule has 29 heavy (non-hydrogen) atoms. The van der Waals surface area contributed by atoms with Crippen molar-refractivity contribution in [2.45, 2.75) is 5.75 Å². The van der Waals surface area contributed by atoms with Crippen molar-refractivity contribution in [3.05, 3.63) is 66.6 Å². The molecule has 3 aromatic rings. The van der Waals surface area contributed by atoms with Crippen LogP contribution < -0.4 is 15.5 Å². The van der Waals surface area contributed by atoms with Crippen molar-refractivity contribution < 1.29 is 14.0 Å². The molecule has 148 valence electrons. The number of aromatic nitrogens is 1. The number of hydrogen-bond acceptors (Lipinski definition) is 5. The van der Waals surface area contributed by atoms with E-state index in [4.69, 9.17) is 4.42 Å². The number of hydrogen-bond donors (Lipinski definition) is 2. The number of amides is 3. The standard InChI is InChI=1S/C21H20N4O3S/c26-19(23-16-6-8-18(9-7-16)25-11-10-22-21(25)27)14-29-13-17-12-28-20(24-17)15-4-2-1-3-5-15/h1-9,12H,10-11,13-14H2,(H,22,27)(H,23,26). The number of urea groups is 1. The van der Waals surface area contributed by atoms with Crippen LogP contribution in [-0.4, -0.2) is 35.8 Å². The molecule has 1 aliphatic rings. The number of anilines is 2. The van der Waals surface area contributed by atoms with Crippen molar-refractivity contribution in [3.8, 4) is 11.5 Å². The maximum atomic E-state index is 12.2. The largest absolute Gasteiger partial charge is 0.444 e. The SMILES string of the molecule is O=C(CSCc1coc(-c2ccccc2)n1)Nc1ccc(N2CCNC2=O)cc1. The van der Waals surface area contributed by atoms with E-state index in [1.165, 1.54) is 11.8 Å². The number of oxazole rings is 1. The monoisotopic (exact) mass is 408 g/mol. The number of thioether (sulfide) groups is 1. The van der Waals surface area contributed by atoms with E-state index in [1.54, 1.807) is 23.3 Å². The molecule has 0 bridgehead atoms. The van der Waals surface area contributed by atoms with Crippen LogP contribution in [-0.2, 0) is 10.5 Å². The second-order valence-corrected chi connectivity index (χ2v) is 7.47. The van der Waals surface area contributed by atoms with Gasteiger partial charge in [-0.05, 0) is 36.4 Å². The first kappa shape index (κ1) is 19.1. The highest BCUT2D eigenvalue weighted by Crippen LogP contribution is 2.22. The third-order valence-electron chi connectivity index (χ3n) is 4.38. The molecule has 0 atom stereocenters. The summed E-state index contributed by atoms with van der Waals surface area (Å²) >= 11 is 1.47. The number of rotatable bonds is 7. The molecular weight excluding hydrogens is 388 g/mol. The van der Waals surface area contributed by atoms with Gasteiger partial charge in [-0.2, -0.15) is 0 Å². The summed E-state index contributed by atoms with van der Waals surface area (Å²) in [5.41, 5.74) is 3.24. The number of nitrogens with one attached hydrogen (secondary N) is 2. The first-order valence-electron chi connectivity index (χ1n) is 9.22. The van der Waals surface area contributed by atoms with E-state index in [0.29, 0.717) is 36.2 Å². The molecule has 0 aliphatic carbocycles. The third-order valence-corrected chi connectivity index (χ3v) is 5.34. The average molecular weight is 408 g/mol. The van der Waals surface area contributed by atoms with Gasteiger partial charge in [-0.15, -0.1) is 11.8 Å². The summed E-state index contributed by atoms with van der Waals surface area (Å²) < 4.78 is 5.51. The Bertz CT molecular complexity index is 989. The van der Waals surface area contributed by atoms with E-state index in [-0.39, 0.29) is 11.9 Å². The van der Waals surface area contributed by atoms with Crippen molar-refractivity contribution in [2.75, 3.05) is 29.1 Å². The summed E-state index contributed by atoms with van der Waals surface area (Å²) in [5, 5.41) is 5.63. The van der Waals surface area contributed by atoms with Crippen LogP contribution >= 0.6 is 11.8 Å². The van der Waals surface area contributed by atoms with E-state index in [1.807, 2.05) is 42.5 Å². The van der Waals surface area contributed by atoms with Gasteiger partial charge in [0.1, 0.15) is 6.26 Å². The zero-order valence-corrected chi connectivity index (χ0v) is 16.4. The van der Waals surface area contributed by atoms with Gasteiger partial charge in [0.2, 0.25) is 11.8 Å². The van der Waals surface area contributed by atoms with Crippen molar-refractivity contribution in [1.29, 1.82) is 0 Å². The lowest BCUT2D eigenvalue weighted by Crippen LogP contribution is -2.27. The van der Waals surface area contributed by atoms with Gasteiger partial charge in [-0.3, -0.25) is 9.69 Å². The number of carbonyl (C=O) groups excluding carboxylic acids is 2. The molecule has 1 saturated heterocycles. The number of benzene rings is 2. The van der Waals surface area contributed by atoms with Crippen LogP contribution in [0.3, 0.4) is 0 Å². The molecule has 7 nitrogen and oxygen atoms in total. The van der Waals surface area contributed by atoms with E-state index in [9.17, 15) is 9.59 Å². The quantitative estimate of drug-likeness (QED) is 0.622. The summed E-state index contributed by atoms with van der Waals surface area (Å²) in [6.07, 6.45) is 1.63. The molecular formula is C21H20N4O3S. The number of carbonyl (C=O) groups is 2. The molecule has 0 saturated carbocycles. The average Bonchev–Trinajstić information content (AvgIpc) is 3.38. The van der Waals surface area contributed by atoms with Gasteiger partial charge in [0.05, 0.1) is 11.4 Å². The highest BCUT2D eigenvalue weighted by Gasteiger charge is 2.20. The zero-order chi connectivity index (χ0) is 20.1. The Morgan fingerprint density at radius 1 is 1.17 bits per heavy atom. The Morgan fingerprint density at radius 2 is 1.97 bits per heavy atom. The van der Waals surface area contributed by atoms with Gasteiger partial charge >= 0.3 is 6.03 Å². The van der Waals surface area contributed by atoms with Gasteiger partial charge < -0.3 is 15.1 Å². The Kier molecular flexibility index (Phi) is 5.81. The molecule has 3 amide bonds. The maximum Gasteiger partial charge on any atom is 0.321 e. The van der Waals surface area contributed by atoms with Gasteiger partial charge in [-0.1, -0.05) is 18.2 Å². The van der Waals surface area contributed by atoms with Crippen LogP contribution in [0.4, 0.5) is 16.2 Å². The van der Waals surface area contributed by atoms with Crippen LogP contribution in [0.25, 0.3) is 11.5 Å². The Morgan fingerprint density at radius 3 is 2.69 bits per heavy atom. The van der Waals surface area contributed by atoms with E-state index >= 15 is 0 Å². The summed E-state index contributed by atoms with van der Waals surface area (Å²) in [7, 11) is 0. The van der Waals surface area contributed by atoms with E-state index in [2.05, 4.69) is 15.6 Å².